The lowest BCUT2D eigenvalue weighted by Crippen LogP contribution is -2.20. The quantitative estimate of drug-likeness (QED) is 0.866. The highest BCUT2D eigenvalue weighted by atomic mass is 79.9. The molecule has 0 amide bonds. The Kier molecular flexibility index (Phi) is 4.42. The van der Waals surface area contributed by atoms with Gasteiger partial charge in [-0.3, -0.25) is 0 Å². The molecule has 6 heteroatoms. The molecule has 19 heavy (non-hydrogen) atoms. The second-order valence-corrected chi connectivity index (χ2v) is 5.21. The number of aromatic nitrogens is 4. The lowest BCUT2D eigenvalue weighted by atomic mass is 10.3. The van der Waals surface area contributed by atoms with Crippen molar-refractivity contribution < 1.29 is 0 Å². The predicted octanol–water partition coefficient (Wildman–Crippen LogP) is 2.54. The number of rotatable bonds is 4. The summed E-state index contributed by atoms with van der Waals surface area (Å²) in [4.78, 5) is 19.4. The first kappa shape index (κ1) is 13.9. The number of nitrogens with zero attached hydrogens (tertiary/aromatic N) is 5. The van der Waals surface area contributed by atoms with E-state index >= 15 is 0 Å². The van der Waals surface area contributed by atoms with Crippen molar-refractivity contribution in [2.45, 2.75) is 26.8 Å². The Morgan fingerprint density at radius 1 is 1.21 bits per heavy atom. The Morgan fingerprint density at radius 3 is 2.53 bits per heavy atom. The summed E-state index contributed by atoms with van der Waals surface area (Å²) in [7, 11) is 1.98. The number of halogens is 1. The van der Waals surface area contributed by atoms with Crippen LogP contribution >= 0.6 is 15.9 Å². The van der Waals surface area contributed by atoms with Crippen molar-refractivity contribution in [2.24, 2.45) is 0 Å². The van der Waals surface area contributed by atoms with Crippen LogP contribution in [-0.4, -0.2) is 27.0 Å². The van der Waals surface area contributed by atoms with Crippen LogP contribution < -0.4 is 4.90 Å². The zero-order valence-corrected chi connectivity index (χ0v) is 12.8. The molecule has 5 nitrogen and oxygen atoms in total. The molecule has 0 aromatic carbocycles. The lowest BCUT2D eigenvalue weighted by molar-refractivity contribution is 0.808. The first-order valence-corrected chi connectivity index (χ1v) is 6.90. The van der Waals surface area contributed by atoms with Crippen LogP contribution in [0.2, 0.25) is 0 Å². The minimum Gasteiger partial charge on any atom is -0.352 e. The van der Waals surface area contributed by atoms with Crippen LogP contribution in [0.4, 0.5) is 5.82 Å². The summed E-state index contributed by atoms with van der Waals surface area (Å²) in [6, 6.07) is 2.01. The van der Waals surface area contributed by atoms with Crippen molar-refractivity contribution in [1.82, 2.24) is 19.9 Å². The third kappa shape index (κ3) is 3.70. The third-order valence-electron chi connectivity index (χ3n) is 2.68. The second kappa shape index (κ2) is 6.06. The van der Waals surface area contributed by atoms with Gasteiger partial charge in [-0.1, -0.05) is 6.92 Å². The number of aryl methyl sites for hydroxylation is 2. The molecule has 0 N–H and O–H groups in total. The molecule has 0 unspecified atom stereocenters. The molecule has 0 bridgehead atoms. The van der Waals surface area contributed by atoms with Gasteiger partial charge in [-0.15, -0.1) is 0 Å². The maximum absolute atomic E-state index is 4.45. The van der Waals surface area contributed by atoms with Crippen LogP contribution in [0.25, 0.3) is 0 Å². The zero-order valence-electron chi connectivity index (χ0n) is 11.3. The molecule has 2 rings (SSSR count). The van der Waals surface area contributed by atoms with E-state index in [0.717, 1.165) is 34.1 Å². The van der Waals surface area contributed by atoms with Crippen molar-refractivity contribution in [1.29, 1.82) is 0 Å². The molecule has 2 heterocycles. The minimum atomic E-state index is 0.618. The highest BCUT2D eigenvalue weighted by Gasteiger charge is 2.08. The SMILES string of the molecule is CCc1cc(N(C)Cc2ncc(Br)cn2)nc(C)n1. The number of hydrogen-bond acceptors (Lipinski definition) is 5. The number of anilines is 1. The molecule has 0 spiro atoms. The van der Waals surface area contributed by atoms with Crippen LogP contribution in [-0.2, 0) is 13.0 Å². The molecule has 0 saturated carbocycles. The molecule has 2 aromatic rings. The lowest BCUT2D eigenvalue weighted by Gasteiger charge is -2.18. The summed E-state index contributed by atoms with van der Waals surface area (Å²) in [5.74, 6) is 2.45. The molecule has 100 valence electrons. The number of hydrogen-bond donors (Lipinski definition) is 0. The van der Waals surface area contributed by atoms with Crippen LogP contribution in [0.1, 0.15) is 24.3 Å². The molecule has 0 aliphatic heterocycles. The van der Waals surface area contributed by atoms with E-state index in [1.54, 1.807) is 12.4 Å². The van der Waals surface area contributed by atoms with Crippen LogP contribution in [0.15, 0.2) is 22.9 Å². The van der Waals surface area contributed by atoms with Gasteiger partial charge in [0, 0.05) is 31.2 Å². The Balaban J connectivity index is 2.17. The zero-order chi connectivity index (χ0) is 13.8. The molecular formula is C13H16BrN5. The van der Waals surface area contributed by atoms with E-state index < -0.39 is 0 Å². The Labute approximate surface area is 121 Å². The van der Waals surface area contributed by atoms with Crippen molar-refractivity contribution >= 4 is 21.7 Å². The van der Waals surface area contributed by atoms with Crippen molar-refractivity contribution in [2.75, 3.05) is 11.9 Å². The molecule has 0 atom stereocenters. The fourth-order valence-corrected chi connectivity index (χ4v) is 1.91. The molecule has 0 radical (unpaired) electrons. The summed E-state index contributed by atoms with van der Waals surface area (Å²) >= 11 is 3.33. The fourth-order valence-electron chi connectivity index (χ4n) is 1.70. The topological polar surface area (TPSA) is 54.8 Å². The van der Waals surface area contributed by atoms with Crippen molar-refractivity contribution in [3.8, 4) is 0 Å². The van der Waals surface area contributed by atoms with Gasteiger partial charge in [0.2, 0.25) is 0 Å². The van der Waals surface area contributed by atoms with Crippen molar-refractivity contribution in [3.63, 3.8) is 0 Å². The van der Waals surface area contributed by atoms with Gasteiger partial charge in [0.05, 0.1) is 11.0 Å². The Hall–Kier alpha value is -1.56. The Bertz CT molecular complexity index is 555. The summed E-state index contributed by atoms with van der Waals surface area (Å²) in [6.07, 6.45) is 4.40. The molecule has 0 saturated heterocycles. The van der Waals surface area contributed by atoms with Crippen LogP contribution in [0.3, 0.4) is 0 Å². The van der Waals surface area contributed by atoms with Gasteiger partial charge in [0.15, 0.2) is 0 Å². The summed E-state index contributed by atoms with van der Waals surface area (Å²) in [6.45, 7) is 4.61. The van der Waals surface area contributed by atoms with Crippen molar-refractivity contribution in [3.05, 3.63) is 40.3 Å². The maximum atomic E-state index is 4.45. The van der Waals surface area contributed by atoms with Crippen LogP contribution in [0, 0.1) is 6.92 Å². The van der Waals surface area contributed by atoms with Gasteiger partial charge in [-0.2, -0.15) is 0 Å². The summed E-state index contributed by atoms with van der Waals surface area (Å²) in [5.41, 5.74) is 1.05. The van der Waals surface area contributed by atoms with Gasteiger partial charge in [-0.05, 0) is 29.3 Å². The second-order valence-electron chi connectivity index (χ2n) is 4.29. The van der Waals surface area contributed by atoms with Gasteiger partial charge in [0.25, 0.3) is 0 Å². The first-order valence-electron chi connectivity index (χ1n) is 6.10. The van der Waals surface area contributed by atoms with Crippen LogP contribution in [0.5, 0.6) is 0 Å². The average molecular weight is 322 g/mol. The maximum Gasteiger partial charge on any atom is 0.147 e. The molecule has 0 aliphatic carbocycles. The highest BCUT2D eigenvalue weighted by Crippen LogP contribution is 2.14. The third-order valence-corrected chi connectivity index (χ3v) is 3.09. The van der Waals surface area contributed by atoms with E-state index in [4.69, 9.17) is 0 Å². The van der Waals surface area contributed by atoms with Gasteiger partial charge in [0.1, 0.15) is 17.5 Å². The van der Waals surface area contributed by atoms with E-state index in [0.29, 0.717) is 6.54 Å². The van der Waals surface area contributed by atoms with Gasteiger partial charge in [-0.25, -0.2) is 19.9 Å². The Morgan fingerprint density at radius 2 is 1.89 bits per heavy atom. The van der Waals surface area contributed by atoms with E-state index in [1.807, 2.05) is 24.9 Å². The first-order chi connectivity index (χ1) is 9.08. The molecular weight excluding hydrogens is 306 g/mol. The standard InChI is InChI=1S/C13H16BrN5/c1-4-11-5-13(18-9(2)17-11)19(3)8-12-15-6-10(14)7-16-12/h5-7H,4,8H2,1-3H3. The van der Waals surface area contributed by atoms with E-state index in [2.05, 4.69) is 42.8 Å². The summed E-state index contributed by atoms with van der Waals surface area (Å²) in [5, 5.41) is 0. The van der Waals surface area contributed by atoms with E-state index in [1.165, 1.54) is 0 Å². The molecule has 0 aliphatic rings. The van der Waals surface area contributed by atoms with E-state index in [-0.39, 0.29) is 0 Å². The van der Waals surface area contributed by atoms with Gasteiger partial charge >= 0.3 is 0 Å². The minimum absolute atomic E-state index is 0.618. The fraction of sp³-hybridized carbons (Fsp3) is 0.385. The molecule has 2 aromatic heterocycles. The highest BCUT2D eigenvalue weighted by molar-refractivity contribution is 9.10. The summed E-state index contributed by atoms with van der Waals surface area (Å²) < 4.78 is 0.880. The predicted molar refractivity (Wildman–Crippen MR) is 78.0 cm³/mol. The average Bonchev–Trinajstić information content (AvgIpc) is 2.40. The normalized spacial score (nSPS) is 10.5. The smallest absolute Gasteiger partial charge is 0.147 e. The van der Waals surface area contributed by atoms with Gasteiger partial charge < -0.3 is 4.90 Å². The van der Waals surface area contributed by atoms with E-state index in [9.17, 15) is 0 Å². The largest absolute Gasteiger partial charge is 0.352 e. The molecule has 0 fully saturated rings. The monoisotopic (exact) mass is 321 g/mol.